The van der Waals surface area contributed by atoms with E-state index in [1.54, 1.807) is 0 Å². The molecule has 0 saturated carbocycles. The summed E-state index contributed by atoms with van der Waals surface area (Å²) >= 11 is 0. The zero-order chi connectivity index (χ0) is 12.8. The van der Waals surface area contributed by atoms with Crippen molar-refractivity contribution in [3.05, 3.63) is 11.6 Å². The summed E-state index contributed by atoms with van der Waals surface area (Å²) in [5.41, 5.74) is 0.472. The normalized spacial score (nSPS) is 24.6. The second kappa shape index (κ2) is 3.83. The third kappa shape index (κ3) is 2.65. The van der Waals surface area contributed by atoms with E-state index in [9.17, 15) is 5.21 Å². The summed E-state index contributed by atoms with van der Waals surface area (Å²) in [7, 11) is 0. The SMILES string of the molecule is CC(C)(C)NCC1=CC(C)(C)N([O])C1(C)C. The lowest BCUT2D eigenvalue weighted by Crippen LogP contribution is -2.48. The van der Waals surface area contributed by atoms with Crippen molar-refractivity contribution >= 4 is 0 Å². The number of hydrogen-bond donors (Lipinski definition) is 1. The van der Waals surface area contributed by atoms with Gasteiger partial charge in [-0.25, -0.2) is 0 Å². The molecular formula is C13H25N2O. The first kappa shape index (κ1) is 13.7. The van der Waals surface area contributed by atoms with E-state index in [0.29, 0.717) is 0 Å². The van der Waals surface area contributed by atoms with Crippen LogP contribution < -0.4 is 5.32 Å². The van der Waals surface area contributed by atoms with Crippen LogP contribution in [0.25, 0.3) is 0 Å². The van der Waals surface area contributed by atoms with Gasteiger partial charge in [0.2, 0.25) is 0 Å². The number of rotatable bonds is 2. The van der Waals surface area contributed by atoms with Crippen molar-refractivity contribution in [1.29, 1.82) is 0 Å². The van der Waals surface area contributed by atoms with Crippen LogP contribution in [0.4, 0.5) is 0 Å². The monoisotopic (exact) mass is 225 g/mol. The molecule has 0 aliphatic carbocycles. The molecule has 0 bridgehead atoms. The molecule has 1 radical (unpaired) electrons. The number of nitrogens with zero attached hydrogens (tertiary/aromatic N) is 1. The van der Waals surface area contributed by atoms with Gasteiger partial charge in [-0.1, -0.05) is 6.08 Å². The van der Waals surface area contributed by atoms with Crippen LogP contribution >= 0.6 is 0 Å². The van der Waals surface area contributed by atoms with E-state index in [-0.39, 0.29) is 5.54 Å². The quantitative estimate of drug-likeness (QED) is 0.733. The van der Waals surface area contributed by atoms with Crippen LogP contribution in [-0.2, 0) is 5.21 Å². The highest BCUT2D eigenvalue weighted by Gasteiger charge is 2.46. The van der Waals surface area contributed by atoms with E-state index in [2.05, 4.69) is 32.2 Å². The predicted octanol–water partition coefficient (Wildman–Crippen LogP) is 2.52. The molecule has 0 saturated heterocycles. The van der Waals surface area contributed by atoms with Gasteiger partial charge in [-0.15, -0.1) is 10.3 Å². The summed E-state index contributed by atoms with van der Waals surface area (Å²) < 4.78 is 0. The zero-order valence-electron chi connectivity index (χ0n) is 11.6. The van der Waals surface area contributed by atoms with Gasteiger partial charge in [0.25, 0.3) is 0 Å². The second-order valence-corrected chi connectivity index (χ2v) is 6.78. The van der Waals surface area contributed by atoms with Crippen LogP contribution in [0.15, 0.2) is 11.6 Å². The van der Waals surface area contributed by atoms with Crippen molar-refractivity contribution in [2.75, 3.05) is 6.54 Å². The lowest BCUT2D eigenvalue weighted by molar-refractivity contribution is -0.238. The van der Waals surface area contributed by atoms with Crippen LogP contribution in [0.2, 0.25) is 0 Å². The van der Waals surface area contributed by atoms with Crippen molar-refractivity contribution in [1.82, 2.24) is 10.4 Å². The average molecular weight is 225 g/mol. The standard InChI is InChI=1S/C13H25N2O/c1-11(2,3)14-9-10-8-12(4,5)15(16)13(10,6)7/h8,14H,9H2,1-7H3. The highest BCUT2D eigenvalue weighted by molar-refractivity contribution is 5.30. The minimum Gasteiger partial charge on any atom is -0.308 e. The Morgan fingerprint density at radius 3 is 2.06 bits per heavy atom. The van der Waals surface area contributed by atoms with Crippen molar-refractivity contribution in [3.63, 3.8) is 0 Å². The molecule has 1 rings (SSSR count). The third-order valence-corrected chi connectivity index (χ3v) is 3.15. The Balaban J connectivity index is 2.81. The molecule has 16 heavy (non-hydrogen) atoms. The Morgan fingerprint density at radius 1 is 1.25 bits per heavy atom. The van der Waals surface area contributed by atoms with Crippen LogP contribution in [0.5, 0.6) is 0 Å². The number of nitrogens with one attached hydrogen (secondary N) is 1. The largest absolute Gasteiger partial charge is 0.308 e. The number of hydrogen-bond acceptors (Lipinski definition) is 2. The molecule has 1 aliphatic heterocycles. The maximum atomic E-state index is 12.1. The van der Waals surface area contributed by atoms with Crippen LogP contribution in [0.1, 0.15) is 48.5 Å². The molecule has 1 heterocycles. The fraction of sp³-hybridized carbons (Fsp3) is 0.846. The highest BCUT2D eigenvalue weighted by Crippen LogP contribution is 2.38. The zero-order valence-corrected chi connectivity index (χ0v) is 11.6. The van der Waals surface area contributed by atoms with Gasteiger partial charge >= 0.3 is 0 Å². The van der Waals surface area contributed by atoms with Crippen molar-refractivity contribution in [2.24, 2.45) is 0 Å². The van der Waals surface area contributed by atoms with Gasteiger partial charge in [0, 0.05) is 12.1 Å². The van der Waals surface area contributed by atoms with E-state index in [1.165, 1.54) is 10.6 Å². The van der Waals surface area contributed by atoms with Gasteiger partial charge in [-0.2, -0.15) is 0 Å². The predicted molar refractivity (Wildman–Crippen MR) is 66.5 cm³/mol. The first-order valence-electron chi connectivity index (χ1n) is 5.91. The summed E-state index contributed by atoms with van der Waals surface area (Å²) in [6.45, 7) is 15.1. The minimum absolute atomic E-state index is 0.0807. The van der Waals surface area contributed by atoms with E-state index < -0.39 is 11.1 Å². The Kier molecular flexibility index (Phi) is 3.27. The van der Waals surface area contributed by atoms with Crippen molar-refractivity contribution < 1.29 is 5.21 Å². The average Bonchev–Trinajstić information content (AvgIpc) is 2.22. The molecule has 93 valence electrons. The summed E-state index contributed by atoms with van der Waals surface area (Å²) in [5.74, 6) is 0. The summed E-state index contributed by atoms with van der Waals surface area (Å²) in [6, 6.07) is 0. The molecular weight excluding hydrogens is 200 g/mol. The lowest BCUT2D eigenvalue weighted by Gasteiger charge is -2.34. The topological polar surface area (TPSA) is 35.2 Å². The summed E-state index contributed by atoms with van der Waals surface area (Å²) in [4.78, 5) is 0. The summed E-state index contributed by atoms with van der Waals surface area (Å²) in [6.07, 6.45) is 2.10. The van der Waals surface area contributed by atoms with Crippen LogP contribution in [0, 0.1) is 0 Å². The van der Waals surface area contributed by atoms with E-state index in [0.717, 1.165) is 6.54 Å². The van der Waals surface area contributed by atoms with Gasteiger partial charge < -0.3 is 5.32 Å². The molecule has 0 atom stereocenters. The first-order valence-corrected chi connectivity index (χ1v) is 5.91. The van der Waals surface area contributed by atoms with Crippen molar-refractivity contribution in [2.45, 2.75) is 65.1 Å². The molecule has 1 aliphatic rings. The van der Waals surface area contributed by atoms with Gasteiger partial charge in [0.05, 0.1) is 11.1 Å². The first-order chi connectivity index (χ1) is 6.97. The Bertz CT molecular complexity index is 298. The molecule has 0 unspecified atom stereocenters. The van der Waals surface area contributed by atoms with Gasteiger partial charge in [-0.3, -0.25) is 0 Å². The molecule has 0 aromatic rings. The van der Waals surface area contributed by atoms with Crippen molar-refractivity contribution in [3.8, 4) is 0 Å². The molecule has 0 aromatic heterocycles. The van der Waals surface area contributed by atoms with Crippen LogP contribution in [-0.4, -0.2) is 28.2 Å². The number of hydroxylamine groups is 2. The van der Waals surface area contributed by atoms with Crippen LogP contribution in [0.3, 0.4) is 0 Å². The molecule has 0 spiro atoms. The Labute approximate surface area is 99.5 Å². The highest BCUT2D eigenvalue weighted by atomic mass is 16.5. The fourth-order valence-corrected chi connectivity index (χ4v) is 2.14. The molecule has 1 N–H and O–H groups in total. The molecule has 0 amide bonds. The van der Waals surface area contributed by atoms with E-state index >= 15 is 0 Å². The Morgan fingerprint density at radius 2 is 1.75 bits per heavy atom. The maximum Gasteiger partial charge on any atom is 0.0668 e. The summed E-state index contributed by atoms with van der Waals surface area (Å²) in [5, 5.41) is 16.8. The molecule has 3 heteroatoms. The maximum absolute atomic E-state index is 12.1. The lowest BCUT2D eigenvalue weighted by atomic mass is 9.95. The van der Waals surface area contributed by atoms with Gasteiger partial charge in [-0.05, 0) is 54.0 Å². The van der Waals surface area contributed by atoms with Gasteiger partial charge in [0.15, 0.2) is 0 Å². The smallest absolute Gasteiger partial charge is 0.0668 e. The van der Waals surface area contributed by atoms with E-state index in [1.807, 2.05) is 27.7 Å². The van der Waals surface area contributed by atoms with E-state index in [4.69, 9.17) is 0 Å². The minimum atomic E-state index is -0.401. The fourth-order valence-electron chi connectivity index (χ4n) is 2.14. The molecule has 3 nitrogen and oxygen atoms in total. The third-order valence-electron chi connectivity index (χ3n) is 3.15. The molecule has 0 fully saturated rings. The Hall–Kier alpha value is -0.380. The molecule has 0 aromatic carbocycles. The second-order valence-electron chi connectivity index (χ2n) is 6.78. The van der Waals surface area contributed by atoms with Gasteiger partial charge in [0.1, 0.15) is 0 Å².